The topological polar surface area (TPSA) is 26.3 Å². The first-order valence-corrected chi connectivity index (χ1v) is 6.27. The zero-order valence-electron chi connectivity index (χ0n) is 8.57. The third-order valence-corrected chi connectivity index (χ3v) is 3.22. The molecule has 0 amide bonds. The Balaban J connectivity index is 3.21. The lowest BCUT2D eigenvalue weighted by Gasteiger charge is -2.15. The predicted molar refractivity (Wildman–Crippen MR) is 67.3 cm³/mol. The van der Waals surface area contributed by atoms with E-state index in [1.807, 2.05) is 0 Å². The van der Waals surface area contributed by atoms with Crippen molar-refractivity contribution in [3.05, 3.63) is 31.3 Å². The van der Waals surface area contributed by atoms with Crippen LogP contribution in [0.2, 0.25) is 0 Å². The summed E-state index contributed by atoms with van der Waals surface area (Å²) in [7, 11) is 0. The van der Waals surface area contributed by atoms with Gasteiger partial charge in [-0.1, -0.05) is 15.9 Å². The number of esters is 1. The van der Waals surface area contributed by atoms with E-state index in [9.17, 15) is 18.0 Å². The molecule has 0 saturated heterocycles. The average molecular weight is 423 g/mol. The molecule has 0 radical (unpaired) electrons. The van der Waals surface area contributed by atoms with E-state index in [0.29, 0.717) is 3.57 Å². The number of hydrogen-bond donors (Lipinski definition) is 0. The monoisotopic (exact) mass is 422 g/mol. The lowest BCUT2D eigenvalue weighted by molar-refractivity contribution is -0.145. The summed E-state index contributed by atoms with van der Waals surface area (Å²) in [6, 6.07) is 2.55. The Morgan fingerprint density at radius 1 is 1.47 bits per heavy atom. The molecule has 0 spiro atoms. The van der Waals surface area contributed by atoms with E-state index in [-0.39, 0.29) is 10.0 Å². The van der Waals surface area contributed by atoms with E-state index >= 15 is 0 Å². The Morgan fingerprint density at radius 2 is 2.06 bits per heavy atom. The fourth-order valence-electron chi connectivity index (χ4n) is 1.18. The van der Waals surface area contributed by atoms with E-state index in [1.165, 1.54) is 6.07 Å². The third kappa shape index (κ3) is 4.13. The first kappa shape index (κ1) is 14.7. The first-order valence-electron chi connectivity index (χ1n) is 4.40. The number of benzene rings is 1. The summed E-state index contributed by atoms with van der Waals surface area (Å²) in [5.41, 5.74) is -0.870. The second-order valence-electron chi connectivity index (χ2n) is 3.19. The van der Waals surface area contributed by atoms with Crippen LogP contribution in [-0.4, -0.2) is 5.97 Å². The van der Waals surface area contributed by atoms with Crippen molar-refractivity contribution in [2.75, 3.05) is 0 Å². The smallest absolute Gasteiger partial charge is 0.416 e. The van der Waals surface area contributed by atoms with Gasteiger partial charge < -0.3 is 4.74 Å². The molecule has 1 rings (SSSR count). The molecule has 17 heavy (non-hydrogen) atoms. The predicted octanol–water partition coefficient (Wildman–Crippen LogP) is 4.14. The average Bonchev–Trinajstić information content (AvgIpc) is 2.13. The number of rotatable bonds is 2. The first-order chi connectivity index (χ1) is 7.71. The summed E-state index contributed by atoms with van der Waals surface area (Å²) >= 11 is 4.84. The lowest BCUT2D eigenvalue weighted by atomic mass is 10.1. The van der Waals surface area contributed by atoms with E-state index in [0.717, 1.165) is 13.0 Å². The van der Waals surface area contributed by atoms with Crippen LogP contribution in [0.15, 0.2) is 16.6 Å². The molecule has 0 aliphatic heterocycles. The molecule has 7 heteroatoms. The van der Waals surface area contributed by atoms with Gasteiger partial charge in [0.25, 0.3) is 0 Å². The van der Waals surface area contributed by atoms with Gasteiger partial charge in [0.05, 0.1) is 5.56 Å². The van der Waals surface area contributed by atoms with Crippen molar-refractivity contribution in [2.45, 2.75) is 19.7 Å². The Labute approximate surface area is 118 Å². The molecule has 1 aromatic carbocycles. The maximum Gasteiger partial charge on any atom is 0.416 e. The van der Waals surface area contributed by atoms with E-state index in [4.69, 9.17) is 0 Å². The minimum atomic E-state index is -4.47. The molecule has 0 aromatic heterocycles. The number of hydrogen-bond acceptors (Lipinski definition) is 2. The highest BCUT2D eigenvalue weighted by molar-refractivity contribution is 14.1. The van der Waals surface area contributed by atoms with Gasteiger partial charge in [-0.3, -0.25) is 4.79 Å². The van der Waals surface area contributed by atoms with Crippen LogP contribution in [0.3, 0.4) is 0 Å². The fraction of sp³-hybridized carbons (Fsp3) is 0.300. The number of halogens is 5. The summed E-state index contributed by atoms with van der Waals surface area (Å²) in [6.45, 7) is 0.746. The van der Waals surface area contributed by atoms with Crippen molar-refractivity contribution >= 4 is 44.5 Å². The highest BCUT2D eigenvalue weighted by Crippen LogP contribution is 2.36. The molecule has 94 valence electrons. The largest absolute Gasteiger partial charge is 0.461 e. The third-order valence-electron chi connectivity index (χ3n) is 1.89. The van der Waals surface area contributed by atoms with Gasteiger partial charge in [0.15, 0.2) is 0 Å². The Kier molecular flexibility index (Phi) is 4.82. The highest BCUT2D eigenvalue weighted by Gasteiger charge is 2.34. The lowest BCUT2D eigenvalue weighted by Crippen LogP contribution is -2.12. The van der Waals surface area contributed by atoms with Gasteiger partial charge in [-0.25, -0.2) is 0 Å². The molecule has 1 aromatic rings. The summed E-state index contributed by atoms with van der Waals surface area (Å²) in [5, 5.41) is 0. The number of carbonyl (C=O) groups excluding carboxylic acids is 1. The highest BCUT2D eigenvalue weighted by atomic mass is 127. The number of carbonyl (C=O) groups is 1. The van der Waals surface area contributed by atoms with Gasteiger partial charge >= 0.3 is 12.1 Å². The van der Waals surface area contributed by atoms with Crippen LogP contribution < -0.4 is 0 Å². The normalized spacial score (nSPS) is 11.4. The van der Waals surface area contributed by atoms with Crippen LogP contribution in [-0.2, 0) is 22.3 Å². The molecular formula is C10H7BrF3IO2. The van der Waals surface area contributed by atoms with E-state index in [2.05, 4.69) is 20.7 Å². The van der Waals surface area contributed by atoms with Crippen LogP contribution >= 0.6 is 38.5 Å². The minimum Gasteiger partial charge on any atom is -0.461 e. The SMILES string of the molecule is CC(=O)OCc1c(Br)cc(I)cc1C(F)(F)F. The van der Waals surface area contributed by atoms with Crippen molar-refractivity contribution in [1.82, 2.24) is 0 Å². The zero-order chi connectivity index (χ0) is 13.2. The van der Waals surface area contributed by atoms with Crippen molar-refractivity contribution in [2.24, 2.45) is 0 Å². The van der Waals surface area contributed by atoms with E-state index in [1.54, 1.807) is 22.6 Å². The second kappa shape index (κ2) is 5.55. The molecule has 0 N–H and O–H groups in total. The van der Waals surface area contributed by atoms with E-state index < -0.39 is 24.3 Å². The van der Waals surface area contributed by atoms with Crippen molar-refractivity contribution < 1.29 is 22.7 Å². The van der Waals surface area contributed by atoms with Gasteiger partial charge in [-0.2, -0.15) is 13.2 Å². The molecule has 0 unspecified atom stereocenters. The Hall–Kier alpha value is -0.310. The molecule has 0 bridgehead atoms. The summed E-state index contributed by atoms with van der Waals surface area (Å²) in [5.74, 6) is -0.622. The molecule has 0 saturated carbocycles. The summed E-state index contributed by atoms with van der Waals surface area (Å²) in [4.78, 5) is 10.6. The zero-order valence-corrected chi connectivity index (χ0v) is 12.3. The van der Waals surface area contributed by atoms with Gasteiger partial charge in [0.1, 0.15) is 6.61 Å². The van der Waals surface area contributed by atoms with Crippen LogP contribution in [0.1, 0.15) is 18.1 Å². The summed E-state index contributed by atoms with van der Waals surface area (Å²) < 4.78 is 43.6. The fourth-order valence-corrected chi connectivity index (χ4v) is 2.80. The molecular weight excluding hydrogens is 416 g/mol. The van der Waals surface area contributed by atoms with Crippen molar-refractivity contribution in [1.29, 1.82) is 0 Å². The summed E-state index contributed by atoms with van der Waals surface area (Å²) in [6.07, 6.45) is -4.47. The second-order valence-corrected chi connectivity index (χ2v) is 5.29. The minimum absolute atomic E-state index is 0.0758. The Morgan fingerprint density at radius 3 is 2.53 bits per heavy atom. The van der Waals surface area contributed by atoms with Gasteiger partial charge in [0, 0.05) is 20.5 Å². The maximum atomic E-state index is 12.8. The van der Waals surface area contributed by atoms with Gasteiger partial charge in [-0.15, -0.1) is 0 Å². The van der Waals surface area contributed by atoms with Crippen LogP contribution in [0.25, 0.3) is 0 Å². The Bertz CT molecular complexity index is 446. The van der Waals surface area contributed by atoms with Gasteiger partial charge in [-0.05, 0) is 34.7 Å². The van der Waals surface area contributed by atoms with Crippen LogP contribution in [0.4, 0.5) is 13.2 Å². The molecule has 0 heterocycles. The van der Waals surface area contributed by atoms with Crippen molar-refractivity contribution in [3.63, 3.8) is 0 Å². The molecule has 0 aliphatic carbocycles. The standard InChI is InChI=1S/C10H7BrF3IO2/c1-5(16)17-4-7-8(10(12,13)14)2-6(15)3-9(7)11/h2-3H,4H2,1H3. The molecule has 2 nitrogen and oxygen atoms in total. The molecule has 0 fully saturated rings. The number of alkyl halides is 3. The molecule has 0 atom stereocenters. The quantitative estimate of drug-likeness (QED) is 0.529. The number of ether oxygens (including phenoxy) is 1. The maximum absolute atomic E-state index is 12.8. The molecule has 0 aliphatic rings. The van der Waals surface area contributed by atoms with Gasteiger partial charge in [0.2, 0.25) is 0 Å². The van der Waals surface area contributed by atoms with Crippen LogP contribution in [0.5, 0.6) is 0 Å². The van der Waals surface area contributed by atoms with Crippen molar-refractivity contribution in [3.8, 4) is 0 Å². The van der Waals surface area contributed by atoms with Crippen LogP contribution in [0, 0.1) is 3.57 Å².